The molecule has 7 nitrogen and oxygen atoms in total. The molecule has 80 valence electrons. The fraction of sp³-hybridized carbons (Fsp3) is 0.800. The van der Waals surface area contributed by atoms with Gasteiger partial charge in [-0.1, -0.05) is 0 Å². The van der Waals surface area contributed by atoms with Crippen LogP contribution in [0.15, 0.2) is 0 Å². The van der Waals surface area contributed by atoms with Crippen LogP contribution in [-0.4, -0.2) is 27.9 Å². The maximum Gasteiger partial charge on any atom is 0.433 e. The zero-order valence-electron chi connectivity index (χ0n) is 6.85. The highest BCUT2D eigenvalue weighted by Crippen LogP contribution is 1.91. The number of nitrogens with two attached hydrogens (primary N) is 2. The Labute approximate surface area is 80.8 Å². The highest BCUT2D eigenvalue weighted by molar-refractivity contribution is 5.72. The Bertz CT molecular complexity index is 131. The van der Waals surface area contributed by atoms with E-state index in [1.807, 2.05) is 0 Å². The van der Waals surface area contributed by atoms with Crippen molar-refractivity contribution in [3.8, 4) is 0 Å². The first-order chi connectivity index (χ1) is 5.91. The molecule has 0 heterocycles. The summed E-state index contributed by atoms with van der Waals surface area (Å²) in [6, 6.07) is -0.742. The molecule has 0 aliphatic carbocycles. The molecule has 0 saturated heterocycles. The van der Waals surface area contributed by atoms with E-state index < -0.39 is 26.8 Å². The van der Waals surface area contributed by atoms with Gasteiger partial charge in [-0.2, -0.15) is 0 Å². The lowest BCUT2D eigenvalue weighted by Gasteiger charge is -2.02. The van der Waals surface area contributed by atoms with E-state index in [1.54, 1.807) is 0 Å². The second kappa shape index (κ2) is 9.84. The minimum absolute atomic E-state index is 0.464. The zero-order chi connectivity index (χ0) is 10.9. The van der Waals surface area contributed by atoms with Gasteiger partial charge >= 0.3 is 20.8 Å². The predicted molar refractivity (Wildman–Crippen MR) is 36.1 cm³/mol. The first-order valence-electron chi connectivity index (χ1n) is 3.34. The number of hydrogen-bond acceptors (Lipinski definition) is 6. The summed E-state index contributed by atoms with van der Waals surface area (Å²) in [6.07, 6.45) is 1.14. The molecule has 6 N–H and O–H groups in total. The minimum Gasteiger partial charge on any atom is -0.480 e. The molecule has 0 aliphatic heterocycles. The van der Waals surface area contributed by atoms with Crippen LogP contribution < -0.4 is 19.9 Å². The first-order valence-corrected chi connectivity index (χ1v) is 5.35. The second-order valence-electron chi connectivity index (χ2n) is 2.08. The van der Waals surface area contributed by atoms with E-state index in [-0.39, 0.29) is 0 Å². The van der Waals surface area contributed by atoms with Crippen LogP contribution >= 0.6 is 0 Å². The lowest BCUT2D eigenvalue weighted by atomic mass is 10.2. The third-order valence-corrected chi connectivity index (χ3v) is 1.04. The number of carboxylic acids is 1. The SMILES string of the molecule is NCCC[C@H](N)C(=O)O.[O-][Br+2]([O-])O. The molecule has 0 bridgehead atoms. The second-order valence-corrected chi connectivity index (χ2v) is 2.92. The molecule has 0 aromatic heterocycles. The minimum atomic E-state index is -3.40. The maximum atomic E-state index is 10.0. The van der Waals surface area contributed by atoms with E-state index in [0.717, 1.165) is 0 Å². The standard InChI is InChI=1S/C5H12N2O2.BrHO3/c6-3-1-2-4(7)5(8)9;2-1(3)4/h4H,1-3,6-7H2,(H,8,9);2H/t4-;/m0./s1. The van der Waals surface area contributed by atoms with Crippen molar-refractivity contribution in [3.05, 3.63) is 0 Å². The van der Waals surface area contributed by atoms with E-state index in [1.165, 1.54) is 0 Å². The van der Waals surface area contributed by atoms with Crippen molar-refractivity contribution in [1.29, 1.82) is 0 Å². The van der Waals surface area contributed by atoms with E-state index in [0.29, 0.717) is 19.4 Å². The molecule has 0 saturated carbocycles. The zero-order valence-corrected chi connectivity index (χ0v) is 8.44. The Hall–Kier alpha value is -0.250. The topological polar surface area (TPSA) is 156 Å². The van der Waals surface area contributed by atoms with Gasteiger partial charge < -0.3 is 25.0 Å². The van der Waals surface area contributed by atoms with Crippen LogP contribution in [-0.2, 0) is 4.79 Å². The maximum absolute atomic E-state index is 10.0. The molecular formula is C5H13BrN2O5. The summed E-state index contributed by atoms with van der Waals surface area (Å²) >= 11 is -3.40. The van der Waals surface area contributed by atoms with Crippen LogP contribution in [0.5, 0.6) is 0 Å². The van der Waals surface area contributed by atoms with Crippen molar-refractivity contribution in [2.75, 3.05) is 6.54 Å². The molecule has 0 rings (SSSR count). The monoisotopic (exact) mass is 260 g/mol. The molecule has 0 spiro atoms. The van der Waals surface area contributed by atoms with Gasteiger partial charge in [-0.15, -0.1) is 0 Å². The fourth-order valence-corrected chi connectivity index (χ4v) is 0.461. The first kappa shape index (κ1) is 15.2. The Morgan fingerprint density at radius 3 is 2.15 bits per heavy atom. The predicted octanol–water partition coefficient (Wildman–Crippen LogP) is -3.80. The normalized spacial score (nSPS) is 11.8. The summed E-state index contributed by atoms with van der Waals surface area (Å²) in [7, 11) is 0. The molecule has 8 heteroatoms. The number of carboxylic acid groups (broad SMARTS) is 1. The van der Waals surface area contributed by atoms with E-state index in [9.17, 15) is 4.79 Å². The van der Waals surface area contributed by atoms with Gasteiger partial charge in [0.2, 0.25) is 0 Å². The van der Waals surface area contributed by atoms with E-state index >= 15 is 0 Å². The van der Waals surface area contributed by atoms with Crippen LogP contribution in [0.4, 0.5) is 0 Å². The van der Waals surface area contributed by atoms with Crippen LogP contribution in [0.25, 0.3) is 0 Å². The van der Waals surface area contributed by atoms with E-state index in [2.05, 4.69) is 0 Å². The van der Waals surface area contributed by atoms with Crippen molar-refractivity contribution in [3.63, 3.8) is 0 Å². The molecule has 0 amide bonds. The van der Waals surface area contributed by atoms with Gasteiger partial charge in [0.25, 0.3) is 0 Å². The summed E-state index contributed by atoms with van der Waals surface area (Å²) in [4.78, 5) is 10.0. The van der Waals surface area contributed by atoms with Crippen LogP contribution in [0.3, 0.4) is 0 Å². The number of carbonyl (C=O) groups is 1. The number of aliphatic carboxylic acids is 1. The lowest BCUT2D eigenvalue weighted by Crippen LogP contribution is -2.30. The summed E-state index contributed by atoms with van der Waals surface area (Å²) < 4.78 is 24.3. The van der Waals surface area contributed by atoms with Gasteiger partial charge in [0.05, 0.1) is 0 Å². The average Bonchev–Trinajstić information content (AvgIpc) is 1.98. The van der Waals surface area contributed by atoms with Gasteiger partial charge in [-0.25, -0.2) is 0 Å². The smallest absolute Gasteiger partial charge is 0.433 e. The number of rotatable bonds is 4. The van der Waals surface area contributed by atoms with Gasteiger partial charge in [0.15, 0.2) is 0 Å². The van der Waals surface area contributed by atoms with Gasteiger partial charge in [0.1, 0.15) is 6.04 Å². The third-order valence-electron chi connectivity index (χ3n) is 1.04. The Kier molecular flexibility index (Phi) is 11.5. The molecule has 0 fully saturated rings. The Morgan fingerprint density at radius 1 is 1.54 bits per heavy atom. The van der Waals surface area contributed by atoms with Gasteiger partial charge in [-0.05, 0) is 23.6 Å². The quantitative estimate of drug-likeness (QED) is 0.404. The van der Waals surface area contributed by atoms with Crippen molar-refractivity contribution in [1.82, 2.24) is 0 Å². The summed E-state index contributed by atoms with van der Waals surface area (Å²) in [5.74, 6) is -0.955. The molecule has 0 radical (unpaired) electrons. The molecular weight excluding hydrogens is 248 g/mol. The third kappa shape index (κ3) is 18.6. The molecule has 0 aromatic rings. The van der Waals surface area contributed by atoms with E-state index in [4.69, 9.17) is 29.2 Å². The highest BCUT2D eigenvalue weighted by atomic mass is 80.0. The van der Waals surface area contributed by atoms with Crippen molar-refractivity contribution < 1.29 is 37.3 Å². The fourth-order valence-electron chi connectivity index (χ4n) is 0.461. The average molecular weight is 261 g/mol. The summed E-state index contributed by atoms with van der Waals surface area (Å²) in [5, 5.41) is 8.24. The highest BCUT2D eigenvalue weighted by Gasteiger charge is 2.08. The van der Waals surface area contributed by atoms with Crippen LogP contribution in [0.2, 0.25) is 0 Å². The summed E-state index contributed by atoms with van der Waals surface area (Å²) in [6.45, 7) is 0.501. The molecule has 1 atom stereocenters. The number of hydrogen-bond donors (Lipinski definition) is 4. The van der Waals surface area contributed by atoms with Crippen molar-refractivity contribution in [2.45, 2.75) is 18.9 Å². The Balaban J connectivity index is 0. The van der Waals surface area contributed by atoms with Gasteiger partial charge in [-0.3, -0.25) is 4.79 Å². The van der Waals surface area contributed by atoms with Crippen molar-refractivity contribution in [2.24, 2.45) is 11.5 Å². The largest absolute Gasteiger partial charge is 0.480 e. The Morgan fingerprint density at radius 2 is 1.92 bits per heavy atom. The van der Waals surface area contributed by atoms with Gasteiger partial charge in [0, 0.05) is 0 Å². The van der Waals surface area contributed by atoms with Crippen LogP contribution in [0, 0.1) is 14.8 Å². The molecule has 0 unspecified atom stereocenters. The summed E-state index contributed by atoms with van der Waals surface area (Å²) in [5.41, 5.74) is 10.3. The molecule has 0 aromatic carbocycles. The molecule has 13 heavy (non-hydrogen) atoms. The number of halogens is 1. The lowest BCUT2D eigenvalue weighted by molar-refractivity contribution is -1.63. The van der Waals surface area contributed by atoms with Crippen molar-refractivity contribution >= 4 is 5.97 Å². The molecule has 0 aliphatic rings. The van der Waals surface area contributed by atoms with Crippen LogP contribution in [0.1, 0.15) is 12.8 Å².